The number of para-hydroxylation sites is 2. The van der Waals surface area contributed by atoms with Gasteiger partial charge in [0, 0.05) is 15.5 Å². The van der Waals surface area contributed by atoms with Gasteiger partial charge in [-0.1, -0.05) is 23.7 Å². The van der Waals surface area contributed by atoms with E-state index in [-0.39, 0.29) is 0 Å². The normalized spacial score (nSPS) is 10.8. The van der Waals surface area contributed by atoms with Crippen LogP contribution in [0.4, 0.5) is 0 Å². The zero-order valence-electron chi connectivity index (χ0n) is 9.67. The minimum Gasteiger partial charge on any atom is -0.431 e. The second-order valence-corrected chi connectivity index (χ2v) is 5.28. The highest BCUT2D eigenvalue weighted by Gasteiger charge is 2.10. The molecule has 0 aliphatic carbocycles. The maximum absolute atomic E-state index is 11.0. The topological polar surface area (TPSA) is 43.1 Å². The Kier molecular flexibility index (Phi) is 3.27. The lowest BCUT2D eigenvalue weighted by molar-refractivity contribution is 0.112. The van der Waals surface area contributed by atoms with E-state index < -0.39 is 0 Å². The summed E-state index contributed by atoms with van der Waals surface area (Å²) in [5.41, 5.74) is 2.08. The lowest BCUT2D eigenvalue weighted by Gasteiger charge is -2.01. The van der Waals surface area contributed by atoms with Crippen LogP contribution in [0.25, 0.3) is 11.1 Å². The molecule has 0 atom stereocenters. The molecule has 94 valence electrons. The zero-order chi connectivity index (χ0) is 13.2. The lowest BCUT2D eigenvalue weighted by atomic mass is 10.2. The van der Waals surface area contributed by atoms with Gasteiger partial charge in [0.05, 0.1) is 0 Å². The van der Waals surface area contributed by atoms with E-state index in [1.54, 1.807) is 18.2 Å². The molecule has 0 bridgehead atoms. The van der Waals surface area contributed by atoms with E-state index in [1.165, 1.54) is 11.8 Å². The van der Waals surface area contributed by atoms with Gasteiger partial charge >= 0.3 is 0 Å². The molecule has 3 aromatic rings. The van der Waals surface area contributed by atoms with Crippen molar-refractivity contribution in [1.82, 2.24) is 4.98 Å². The third-order valence-corrected chi connectivity index (χ3v) is 3.73. The van der Waals surface area contributed by atoms with Gasteiger partial charge in [-0.15, -0.1) is 0 Å². The number of hydrogen-bond acceptors (Lipinski definition) is 4. The Hall–Kier alpha value is -1.78. The summed E-state index contributed by atoms with van der Waals surface area (Å²) in [6, 6.07) is 12.6. The summed E-state index contributed by atoms with van der Waals surface area (Å²) in [4.78, 5) is 16.1. The van der Waals surface area contributed by atoms with Crippen molar-refractivity contribution >= 4 is 40.7 Å². The number of oxazole rings is 1. The van der Waals surface area contributed by atoms with Gasteiger partial charge in [-0.05, 0) is 42.1 Å². The molecule has 19 heavy (non-hydrogen) atoms. The Morgan fingerprint density at radius 1 is 1.21 bits per heavy atom. The molecular formula is C14H8ClNO2S. The van der Waals surface area contributed by atoms with Gasteiger partial charge in [0.2, 0.25) is 0 Å². The van der Waals surface area contributed by atoms with Crippen LogP contribution in [0.1, 0.15) is 10.4 Å². The van der Waals surface area contributed by atoms with Crippen LogP contribution in [-0.4, -0.2) is 11.3 Å². The number of carbonyl (C=O) groups is 1. The number of aromatic nitrogens is 1. The largest absolute Gasteiger partial charge is 0.431 e. The van der Waals surface area contributed by atoms with E-state index >= 15 is 0 Å². The summed E-state index contributed by atoms with van der Waals surface area (Å²) >= 11 is 7.22. The first-order valence-corrected chi connectivity index (χ1v) is 6.74. The Morgan fingerprint density at radius 2 is 2.05 bits per heavy atom. The molecule has 0 amide bonds. The van der Waals surface area contributed by atoms with Gasteiger partial charge < -0.3 is 4.42 Å². The molecule has 0 aliphatic heterocycles. The summed E-state index contributed by atoms with van der Waals surface area (Å²) in [5, 5.41) is 1.07. The molecule has 0 unspecified atom stereocenters. The van der Waals surface area contributed by atoms with Gasteiger partial charge in [0.25, 0.3) is 5.22 Å². The van der Waals surface area contributed by atoms with Crippen molar-refractivity contribution in [2.75, 3.05) is 0 Å². The summed E-state index contributed by atoms with van der Waals surface area (Å²) in [5.74, 6) is 0. The third-order valence-electron chi connectivity index (χ3n) is 2.57. The molecule has 0 N–H and O–H groups in total. The molecule has 0 radical (unpaired) electrons. The molecule has 0 saturated heterocycles. The fourth-order valence-electron chi connectivity index (χ4n) is 1.68. The van der Waals surface area contributed by atoms with Crippen molar-refractivity contribution in [1.29, 1.82) is 0 Å². The maximum atomic E-state index is 11.0. The SMILES string of the molecule is O=Cc1ccc(Cl)cc1Sc1nc2ccccc2o1. The smallest absolute Gasteiger partial charge is 0.261 e. The molecule has 1 heterocycles. The monoisotopic (exact) mass is 289 g/mol. The number of nitrogens with zero attached hydrogens (tertiary/aromatic N) is 1. The molecule has 0 fully saturated rings. The Balaban J connectivity index is 2.00. The molecule has 0 aliphatic rings. The molecule has 0 spiro atoms. The van der Waals surface area contributed by atoms with Gasteiger partial charge in [-0.25, -0.2) is 4.98 Å². The van der Waals surface area contributed by atoms with E-state index in [0.29, 0.717) is 15.8 Å². The minimum atomic E-state index is 0.492. The third kappa shape index (κ3) is 2.50. The number of carbonyl (C=O) groups excluding carboxylic acids is 1. The van der Waals surface area contributed by atoms with Crippen LogP contribution in [0.15, 0.2) is 57.0 Å². The van der Waals surface area contributed by atoms with E-state index in [4.69, 9.17) is 16.0 Å². The highest BCUT2D eigenvalue weighted by molar-refractivity contribution is 7.99. The summed E-state index contributed by atoms with van der Waals surface area (Å²) in [7, 11) is 0. The van der Waals surface area contributed by atoms with Crippen molar-refractivity contribution in [3.63, 3.8) is 0 Å². The lowest BCUT2D eigenvalue weighted by Crippen LogP contribution is -1.84. The van der Waals surface area contributed by atoms with Crippen LogP contribution in [0.5, 0.6) is 0 Å². The second kappa shape index (κ2) is 5.07. The van der Waals surface area contributed by atoms with Gasteiger partial charge in [-0.3, -0.25) is 4.79 Å². The Morgan fingerprint density at radius 3 is 2.84 bits per heavy atom. The Labute approximate surface area is 118 Å². The van der Waals surface area contributed by atoms with E-state index in [2.05, 4.69) is 4.98 Å². The first-order chi connectivity index (χ1) is 9.26. The molecule has 5 heteroatoms. The van der Waals surface area contributed by atoms with Crippen LogP contribution >= 0.6 is 23.4 Å². The first kappa shape index (κ1) is 12.3. The average molecular weight is 290 g/mol. The van der Waals surface area contributed by atoms with Gasteiger partial charge in [-0.2, -0.15) is 0 Å². The van der Waals surface area contributed by atoms with Crippen LogP contribution in [0.2, 0.25) is 5.02 Å². The standard InChI is InChI=1S/C14H8ClNO2S/c15-10-6-5-9(8-17)13(7-10)19-14-16-11-3-1-2-4-12(11)18-14/h1-8H. The Bertz CT molecular complexity index is 721. The van der Waals surface area contributed by atoms with Crippen molar-refractivity contribution in [3.05, 3.63) is 53.1 Å². The zero-order valence-corrected chi connectivity index (χ0v) is 11.2. The maximum Gasteiger partial charge on any atom is 0.261 e. The summed E-state index contributed by atoms with van der Waals surface area (Å²) in [6.45, 7) is 0. The predicted octanol–water partition coefficient (Wildman–Crippen LogP) is 4.44. The number of rotatable bonds is 3. The quantitative estimate of drug-likeness (QED) is 0.668. The van der Waals surface area contributed by atoms with Gasteiger partial charge in [0.1, 0.15) is 5.52 Å². The van der Waals surface area contributed by atoms with Crippen LogP contribution in [0, 0.1) is 0 Å². The molecule has 0 saturated carbocycles. The van der Waals surface area contributed by atoms with Crippen molar-refractivity contribution in [2.24, 2.45) is 0 Å². The van der Waals surface area contributed by atoms with Crippen LogP contribution in [0.3, 0.4) is 0 Å². The number of aldehydes is 1. The molecule has 3 nitrogen and oxygen atoms in total. The fourth-order valence-corrected chi connectivity index (χ4v) is 2.80. The molecule has 1 aromatic heterocycles. The van der Waals surface area contributed by atoms with Crippen molar-refractivity contribution < 1.29 is 9.21 Å². The number of benzene rings is 2. The number of hydrogen-bond donors (Lipinski definition) is 0. The molecule has 3 rings (SSSR count). The fraction of sp³-hybridized carbons (Fsp3) is 0. The van der Waals surface area contributed by atoms with Crippen LogP contribution in [-0.2, 0) is 0 Å². The number of halogens is 1. The van der Waals surface area contributed by atoms with E-state index in [9.17, 15) is 4.79 Å². The van der Waals surface area contributed by atoms with Crippen molar-refractivity contribution in [2.45, 2.75) is 10.1 Å². The van der Waals surface area contributed by atoms with E-state index in [0.717, 1.165) is 22.3 Å². The second-order valence-electron chi connectivity index (χ2n) is 3.85. The molecule has 2 aromatic carbocycles. The van der Waals surface area contributed by atoms with Gasteiger partial charge in [0.15, 0.2) is 11.9 Å². The summed E-state index contributed by atoms with van der Waals surface area (Å²) < 4.78 is 5.60. The highest BCUT2D eigenvalue weighted by Crippen LogP contribution is 2.33. The minimum absolute atomic E-state index is 0.492. The number of fused-ring (bicyclic) bond motifs is 1. The van der Waals surface area contributed by atoms with E-state index in [1.807, 2.05) is 24.3 Å². The molecular weight excluding hydrogens is 282 g/mol. The van der Waals surface area contributed by atoms with Crippen molar-refractivity contribution in [3.8, 4) is 0 Å². The average Bonchev–Trinajstić information content (AvgIpc) is 2.81. The predicted molar refractivity (Wildman–Crippen MR) is 75.0 cm³/mol. The summed E-state index contributed by atoms with van der Waals surface area (Å²) in [6.07, 6.45) is 0.793. The highest BCUT2D eigenvalue weighted by atomic mass is 35.5. The first-order valence-electron chi connectivity index (χ1n) is 5.54. The van der Waals surface area contributed by atoms with Crippen LogP contribution < -0.4 is 0 Å².